The van der Waals surface area contributed by atoms with Crippen LogP contribution in [0.2, 0.25) is 0 Å². The molecule has 1 N–H and O–H groups in total. The monoisotopic (exact) mass is 379 g/mol. The summed E-state index contributed by atoms with van der Waals surface area (Å²) in [6.07, 6.45) is 3.55. The molecule has 0 aliphatic heterocycles. The summed E-state index contributed by atoms with van der Waals surface area (Å²) < 4.78 is 13.1. The second kappa shape index (κ2) is 8.61. The fourth-order valence-electron chi connectivity index (χ4n) is 3.21. The number of carbonyl (C=O) groups excluding carboxylic acids is 1. The van der Waals surface area contributed by atoms with Gasteiger partial charge in [0.25, 0.3) is 5.91 Å². The van der Waals surface area contributed by atoms with Crippen molar-refractivity contribution >= 4 is 5.91 Å². The van der Waals surface area contributed by atoms with E-state index in [1.807, 2.05) is 68.1 Å². The third kappa shape index (κ3) is 4.52. The number of nitrogens with one attached hydrogen (secondary N) is 1. The van der Waals surface area contributed by atoms with E-state index in [4.69, 9.17) is 9.47 Å². The van der Waals surface area contributed by atoms with E-state index >= 15 is 0 Å². The van der Waals surface area contributed by atoms with Crippen molar-refractivity contribution < 1.29 is 14.3 Å². The van der Waals surface area contributed by atoms with Crippen LogP contribution in [0.5, 0.6) is 11.5 Å². The molecule has 3 aromatic rings. The number of aromatic nitrogens is 2. The fourth-order valence-corrected chi connectivity index (χ4v) is 3.21. The molecule has 0 aliphatic carbocycles. The first-order valence-electron chi connectivity index (χ1n) is 9.08. The lowest BCUT2D eigenvalue weighted by molar-refractivity contribution is -0.123. The molecule has 0 saturated heterocycles. The summed E-state index contributed by atoms with van der Waals surface area (Å²) in [5, 5.41) is 3.02. The average molecular weight is 379 g/mol. The SMILES string of the molecule is COc1ccccc1[C@H](NC(=O)COc1cc(C)cc(C)c1)c1nccn1C. The first-order chi connectivity index (χ1) is 13.5. The first kappa shape index (κ1) is 19.5. The van der Waals surface area contributed by atoms with E-state index in [0.29, 0.717) is 17.3 Å². The van der Waals surface area contributed by atoms with Crippen LogP contribution in [0.15, 0.2) is 54.9 Å². The molecule has 0 radical (unpaired) electrons. The predicted molar refractivity (Wildman–Crippen MR) is 108 cm³/mol. The van der Waals surface area contributed by atoms with Crippen molar-refractivity contribution in [1.82, 2.24) is 14.9 Å². The van der Waals surface area contributed by atoms with Crippen molar-refractivity contribution in [3.05, 3.63) is 77.4 Å². The van der Waals surface area contributed by atoms with Crippen molar-refractivity contribution in [1.29, 1.82) is 0 Å². The molecule has 0 unspecified atom stereocenters. The van der Waals surface area contributed by atoms with Crippen LogP contribution in [-0.2, 0) is 11.8 Å². The standard InChI is InChI=1S/C22H25N3O3/c1-15-11-16(2)13-17(12-15)28-14-20(26)24-21(22-23-9-10-25(22)3)18-7-5-6-8-19(18)27-4/h5-13,21H,14H2,1-4H3,(H,24,26)/t21-/m0/s1. The van der Waals surface area contributed by atoms with E-state index in [1.165, 1.54) is 0 Å². The largest absolute Gasteiger partial charge is 0.496 e. The van der Waals surface area contributed by atoms with Crippen LogP contribution in [0.3, 0.4) is 0 Å². The van der Waals surface area contributed by atoms with E-state index in [9.17, 15) is 4.79 Å². The van der Waals surface area contributed by atoms with Gasteiger partial charge in [-0.3, -0.25) is 4.79 Å². The number of hydrogen-bond donors (Lipinski definition) is 1. The van der Waals surface area contributed by atoms with Crippen LogP contribution in [0.25, 0.3) is 0 Å². The van der Waals surface area contributed by atoms with Crippen LogP contribution < -0.4 is 14.8 Å². The highest BCUT2D eigenvalue weighted by molar-refractivity contribution is 5.78. The fraction of sp³-hybridized carbons (Fsp3) is 0.273. The van der Waals surface area contributed by atoms with Gasteiger partial charge in [0, 0.05) is 25.0 Å². The Morgan fingerprint density at radius 2 is 1.89 bits per heavy atom. The van der Waals surface area contributed by atoms with Gasteiger partial charge >= 0.3 is 0 Å². The molecule has 1 aromatic heterocycles. The molecule has 6 heteroatoms. The topological polar surface area (TPSA) is 65.4 Å². The number of imidazole rings is 1. The lowest BCUT2D eigenvalue weighted by Crippen LogP contribution is -2.34. The van der Waals surface area contributed by atoms with Crippen molar-refractivity contribution in [3.63, 3.8) is 0 Å². The number of para-hydroxylation sites is 1. The van der Waals surface area contributed by atoms with Crippen molar-refractivity contribution in [2.75, 3.05) is 13.7 Å². The van der Waals surface area contributed by atoms with E-state index in [1.54, 1.807) is 13.3 Å². The highest BCUT2D eigenvalue weighted by Gasteiger charge is 2.24. The summed E-state index contributed by atoms with van der Waals surface area (Å²) in [7, 11) is 3.50. The third-order valence-corrected chi connectivity index (χ3v) is 4.44. The Labute approximate surface area is 165 Å². The van der Waals surface area contributed by atoms with Gasteiger partial charge in [-0.2, -0.15) is 0 Å². The zero-order valence-corrected chi connectivity index (χ0v) is 16.6. The molecular weight excluding hydrogens is 354 g/mol. The lowest BCUT2D eigenvalue weighted by Gasteiger charge is -2.21. The Morgan fingerprint density at radius 3 is 2.54 bits per heavy atom. The summed E-state index contributed by atoms with van der Waals surface area (Å²) in [5.41, 5.74) is 3.02. The zero-order valence-electron chi connectivity index (χ0n) is 16.6. The van der Waals surface area contributed by atoms with Gasteiger partial charge in [0.05, 0.1) is 7.11 Å². The molecule has 146 valence electrons. The summed E-state index contributed by atoms with van der Waals surface area (Å²) in [6.45, 7) is 3.91. The Balaban J connectivity index is 1.79. The van der Waals surface area contributed by atoms with Gasteiger partial charge in [0.2, 0.25) is 0 Å². The molecule has 0 aliphatic rings. The van der Waals surface area contributed by atoms with Crippen LogP contribution in [-0.4, -0.2) is 29.2 Å². The summed E-state index contributed by atoms with van der Waals surface area (Å²) in [6, 6.07) is 13.0. The Hall–Kier alpha value is -3.28. The van der Waals surface area contributed by atoms with Crippen LogP contribution in [0.1, 0.15) is 28.6 Å². The predicted octanol–water partition coefficient (Wildman–Crippen LogP) is 3.33. The summed E-state index contributed by atoms with van der Waals surface area (Å²) in [5.74, 6) is 1.84. The van der Waals surface area contributed by atoms with Crippen LogP contribution >= 0.6 is 0 Å². The number of ether oxygens (including phenoxy) is 2. The van der Waals surface area contributed by atoms with Gasteiger partial charge in [-0.05, 0) is 43.2 Å². The average Bonchev–Trinajstić information content (AvgIpc) is 3.09. The number of aryl methyl sites for hydroxylation is 3. The van der Waals surface area contributed by atoms with Gasteiger partial charge in [-0.25, -0.2) is 4.98 Å². The molecule has 1 heterocycles. The highest BCUT2D eigenvalue weighted by Crippen LogP contribution is 2.29. The number of carbonyl (C=O) groups is 1. The van der Waals surface area contributed by atoms with Crippen molar-refractivity contribution in [3.8, 4) is 11.5 Å². The number of hydrogen-bond acceptors (Lipinski definition) is 4. The molecule has 0 bridgehead atoms. The number of amides is 1. The molecule has 28 heavy (non-hydrogen) atoms. The smallest absolute Gasteiger partial charge is 0.258 e. The maximum atomic E-state index is 12.7. The van der Waals surface area contributed by atoms with Crippen LogP contribution in [0.4, 0.5) is 0 Å². The summed E-state index contributed by atoms with van der Waals surface area (Å²) in [4.78, 5) is 17.1. The number of methoxy groups -OCH3 is 1. The summed E-state index contributed by atoms with van der Waals surface area (Å²) >= 11 is 0. The highest BCUT2D eigenvalue weighted by atomic mass is 16.5. The maximum Gasteiger partial charge on any atom is 0.258 e. The molecule has 0 fully saturated rings. The normalized spacial score (nSPS) is 11.7. The Kier molecular flexibility index (Phi) is 5.99. The minimum atomic E-state index is -0.452. The zero-order chi connectivity index (χ0) is 20.1. The number of benzene rings is 2. The van der Waals surface area contributed by atoms with Gasteiger partial charge in [0.1, 0.15) is 23.4 Å². The second-order valence-corrected chi connectivity index (χ2v) is 6.75. The maximum absolute atomic E-state index is 12.7. The minimum absolute atomic E-state index is 0.0844. The van der Waals surface area contributed by atoms with Crippen molar-refractivity contribution in [2.45, 2.75) is 19.9 Å². The van der Waals surface area contributed by atoms with E-state index < -0.39 is 6.04 Å². The minimum Gasteiger partial charge on any atom is -0.496 e. The van der Waals surface area contributed by atoms with E-state index in [-0.39, 0.29) is 12.5 Å². The Morgan fingerprint density at radius 1 is 1.18 bits per heavy atom. The molecule has 2 aromatic carbocycles. The van der Waals surface area contributed by atoms with Gasteiger partial charge < -0.3 is 19.4 Å². The van der Waals surface area contributed by atoms with Gasteiger partial charge in [0.15, 0.2) is 6.61 Å². The second-order valence-electron chi connectivity index (χ2n) is 6.75. The molecule has 6 nitrogen and oxygen atoms in total. The number of rotatable bonds is 7. The molecule has 1 atom stereocenters. The molecule has 0 saturated carbocycles. The van der Waals surface area contributed by atoms with Gasteiger partial charge in [-0.1, -0.05) is 24.3 Å². The van der Waals surface area contributed by atoms with Crippen LogP contribution in [0, 0.1) is 13.8 Å². The van der Waals surface area contributed by atoms with Gasteiger partial charge in [-0.15, -0.1) is 0 Å². The Bertz CT molecular complexity index is 945. The molecular formula is C22H25N3O3. The van der Waals surface area contributed by atoms with E-state index in [2.05, 4.69) is 16.4 Å². The number of nitrogens with zero attached hydrogens (tertiary/aromatic N) is 2. The first-order valence-corrected chi connectivity index (χ1v) is 9.08. The molecule has 3 rings (SSSR count). The molecule has 0 spiro atoms. The lowest BCUT2D eigenvalue weighted by atomic mass is 10.0. The van der Waals surface area contributed by atoms with Crippen molar-refractivity contribution in [2.24, 2.45) is 7.05 Å². The molecule has 1 amide bonds. The third-order valence-electron chi connectivity index (χ3n) is 4.44. The quantitative estimate of drug-likeness (QED) is 0.684. The van der Waals surface area contributed by atoms with E-state index in [0.717, 1.165) is 16.7 Å².